The molecular weight excluding hydrogens is 182 g/mol. The summed E-state index contributed by atoms with van der Waals surface area (Å²) in [7, 11) is 1.55. The van der Waals surface area contributed by atoms with Gasteiger partial charge in [0, 0.05) is 7.05 Å². The third-order valence-electron chi connectivity index (χ3n) is 1.59. The molecule has 0 bridgehead atoms. The minimum absolute atomic E-state index is 0.460. The molecule has 0 aromatic heterocycles. The number of hydrogen-bond donors (Lipinski definition) is 2. The Bertz CT molecular complexity index is 313. The second-order valence-corrected chi connectivity index (χ2v) is 2.49. The van der Waals surface area contributed by atoms with E-state index in [9.17, 15) is 9.59 Å². The van der Waals surface area contributed by atoms with Crippen molar-refractivity contribution in [2.75, 3.05) is 11.9 Å². The molecule has 0 aliphatic carbocycles. The van der Waals surface area contributed by atoms with Crippen LogP contribution in [0.5, 0.6) is 0 Å². The van der Waals surface area contributed by atoms with Crippen molar-refractivity contribution in [1.82, 2.24) is 10.9 Å². The Morgan fingerprint density at radius 2 is 2.00 bits per heavy atom. The molecule has 0 heterocycles. The Labute approximate surface area is 81.7 Å². The number of nitrogens with one attached hydrogen (secondary N) is 2. The van der Waals surface area contributed by atoms with Crippen molar-refractivity contribution < 1.29 is 9.59 Å². The molecule has 1 rings (SSSR count). The number of benzene rings is 1. The highest BCUT2D eigenvalue weighted by molar-refractivity contribution is 6.05. The van der Waals surface area contributed by atoms with Gasteiger partial charge in [0.15, 0.2) is 0 Å². The van der Waals surface area contributed by atoms with Crippen LogP contribution < -0.4 is 15.8 Å². The Hall–Kier alpha value is -1.88. The first-order valence-corrected chi connectivity index (χ1v) is 4.06. The molecule has 0 fully saturated rings. The summed E-state index contributed by atoms with van der Waals surface area (Å²) in [5.74, 6) is 0. The summed E-state index contributed by atoms with van der Waals surface area (Å²) in [6.45, 7) is 0. The highest BCUT2D eigenvalue weighted by Gasteiger charge is 2.12. The fraction of sp³-hybridized carbons (Fsp3) is 0.111. The van der Waals surface area contributed by atoms with Gasteiger partial charge in [0.1, 0.15) is 0 Å². The van der Waals surface area contributed by atoms with Crippen molar-refractivity contribution in [2.45, 2.75) is 0 Å². The zero-order chi connectivity index (χ0) is 10.4. The molecule has 0 spiro atoms. The van der Waals surface area contributed by atoms with Crippen LogP contribution in [0.15, 0.2) is 30.3 Å². The van der Waals surface area contributed by atoms with Crippen LogP contribution in [-0.4, -0.2) is 19.5 Å². The number of hydrazine groups is 1. The maximum Gasteiger partial charge on any atom is 0.342 e. The fourth-order valence-corrected chi connectivity index (χ4v) is 0.982. The molecule has 5 nitrogen and oxygen atoms in total. The van der Waals surface area contributed by atoms with E-state index >= 15 is 0 Å². The predicted octanol–water partition coefficient (Wildman–Crippen LogP) is 0.493. The second-order valence-electron chi connectivity index (χ2n) is 2.49. The number of hydrogen-bond acceptors (Lipinski definition) is 3. The van der Waals surface area contributed by atoms with E-state index in [1.165, 1.54) is 0 Å². The predicted molar refractivity (Wildman–Crippen MR) is 52.6 cm³/mol. The van der Waals surface area contributed by atoms with E-state index in [4.69, 9.17) is 0 Å². The molecule has 1 aromatic rings. The van der Waals surface area contributed by atoms with Gasteiger partial charge in [-0.15, -0.1) is 0 Å². The summed E-state index contributed by atoms with van der Waals surface area (Å²) < 4.78 is 0. The summed E-state index contributed by atoms with van der Waals surface area (Å²) in [5.41, 5.74) is 5.28. The Morgan fingerprint density at radius 1 is 1.36 bits per heavy atom. The lowest BCUT2D eigenvalue weighted by molar-refractivity contribution is -0.106. The van der Waals surface area contributed by atoms with Crippen molar-refractivity contribution in [3.8, 4) is 0 Å². The standard InChI is InChI=1S/C9H11N3O2/c1-10-11-9(14)12(7-13)8-5-3-2-4-6-8/h2-7,10H,1H3,(H,11,14). The summed E-state index contributed by atoms with van der Waals surface area (Å²) in [6.07, 6.45) is 0.460. The number of nitrogens with zero attached hydrogens (tertiary/aromatic N) is 1. The monoisotopic (exact) mass is 193 g/mol. The van der Waals surface area contributed by atoms with Gasteiger partial charge in [-0.25, -0.2) is 15.1 Å². The van der Waals surface area contributed by atoms with E-state index in [2.05, 4.69) is 10.9 Å². The number of rotatable bonds is 3. The highest BCUT2D eigenvalue weighted by Crippen LogP contribution is 2.10. The summed E-state index contributed by atoms with van der Waals surface area (Å²) in [4.78, 5) is 22.9. The van der Waals surface area contributed by atoms with Crippen molar-refractivity contribution in [3.05, 3.63) is 30.3 Å². The molecule has 2 N–H and O–H groups in total. The van der Waals surface area contributed by atoms with Gasteiger partial charge in [0.2, 0.25) is 6.41 Å². The minimum atomic E-state index is -0.520. The lowest BCUT2D eigenvalue weighted by Gasteiger charge is -2.15. The van der Waals surface area contributed by atoms with Gasteiger partial charge < -0.3 is 0 Å². The first-order valence-electron chi connectivity index (χ1n) is 4.06. The van der Waals surface area contributed by atoms with E-state index in [1.807, 2.05) is 6.07 Å². The molecular formula is C9H11N3O2. The molecule has 0 aliphatic rings. The lowest BCUT2D eigenvalue weighted by Crippen LogP contribution is -2.44. The van der Waals surface area contributed by atoms with E-state index in [-0.39, 0.29) is 0 Å². The molecule has 74 valence electrons. The minimum Gasteiger partial charge on any atom is -0.278 e. The molecule has 5 heteroatoms. The topological polar surface area (TPSA) is 61.4 Å². The molecule has 0 atom stereocenters. The molecule has 0 aliphatic heterocycles. The average Bonchev–Trinajstić information content (AvgIpc) is 2.21. The maximum absolute atomic E-state index is 11.3. The van der Waals surface area contributed by atoms with E-state index < -0.39 is 6.03 Å². The van der Waals surface area contributed by atoms with Crippen LogP contribution in [0.3, 0.4) is 0 Å². The third-order valence-corrected chi connectivity index (χ3v) is 1.59. The summed E-state index contributed by atoms with van der Waals surface area (Å²) >= 11 is 0. The first-order chi connectivity index (χ1) is 6.79. The average molecular weight is 193 g/mol. The van der Waals surface area contributed by atoms with Gasteiger partial charge in [-0.2, -0.15) is 0 Å². The van der Waals surface area contributed by atoms with Crippen molar-refractivity contribution in [3.63, 3.8) is 0 Å². The third kappa shape index (κ3) is 2.30. The summed E-state index contributed by atoms with van der Waals surface area (Å²) in [6, 6.07) is 8.13. The number of carbonyl (C=O) groups excluding carboxylic acids is 2. The zero-order valence-electron chi connectivity index (χ0n) is 7.73. The smallest absolute Gasteiger partial charge is 0.278 e. The van der Waals surface area contributed by atoms with Crippen LogP contribution in [0.2, 0.25) is 0 Å². The van der Waals surface area contributed by atoms with Gasteiger partial charge in [-0.3, -0.25) is 10.2 Å². The Kier molecular flexibility index (Phi) is 3.63. The van der Waals surface area contributed by atoms with E-state index in [0.29, 0.717) is 12.1 Å². The van der Waals surface area contributed by atoms with E-state index in [1.54, 1.807) is 31.3 Å². The molecule has 0 saturated carbocycles. The van der Waals surface area contributed by atoms with Crippen molar-refractivity contribution in [2.24, 2.45) is 0 Å². The first kappa shape index (κ1) is 10.2. The lowest BCUT2D eigenvalue weighted by atomic mass is 10.3. The summed E-state index contributed by atoms with van der Waals surface area (Å²) in [5, 5.41) is 0. The van der Waals surface area contributed by atoms with Crippen LogP contribution in [0, 0.1) is 0 Å². The molecule has 0 unspecified atom stereocenters. The van der Waals surface area contributed by atoms with Crippen LogP contribution in [0.4, 0.5) is 10.5 Å². The van der Waals surface area contributed by atoms with Crippen molar-refractivity contribution in [1.29, 1.82) is 0 Å². The molecule has 1 aromatic carbocycles. The van der Waals surface area contributed by atoms with Crippen LogP contribution in [0.1, 0.15) is 0 Å². The largest absolute Gasteiger partial charge is 0.342 e. The Morgan fingerprint density at radius 3 is 2.50 bits per heavy atom. The quantitative estimate of drug-likeness (QED) is 0.542. The van der Waals surface area contributed by atoms with Gasteiger partial charge in [-0.05, 0) is 12.1 Å². The van der Waals surface area contributed by atoms with Gasteiger partial charge in [0.05, 0.1) is 5.69 Å². The van der Waals surface area contributed by atoms with E-state index in [0.717, 1.165) is 4.90 Å². The van der Waals surface area contributed by atoms with Gasteiger partial charge in [0.25, 0.3) is 0 Å². The number of imide groups is 1. The van der Waals surface area contributed by atoms with Crippen LogP contribution in [-0.2, 0) is 4.79 Å². The van der Waals surface area contributed by atoms with Crippen LogP contribution >= 0.6 is 0 Å². The van der Waals surface area contributed by atoms with Crippen molar-refractivity contribution >= 4 is 18.1 Å². The van der Waals surface area contributed by atoms with Crippen LogP contribution in [0.25, 0.3) is 0 Å². The maximum atomic E-state index is 11.3. The fourth-order valence-electron chi connectivity index (χ4n) is 0.982. The normalized spacial score (nSPS) is 9.21. The molecule has 0 saturated heterocycles. The zero-order valence-corrected chi connectivity index (χ0v) is 7.73. The molecule has 14 heavy (non-hydrogen) atoms. The number of para-hydroxylation sites is 1. The van der Waals surface area contributed by atoms with Gasteiger partial charge >= 0.3 is 6.03 Å². The number of carbonyl (C=O) groups is 2. The molecule has 3 amide bonds. The molecule has 0 radical (unpaired) electrons. The number of urea groups is 1. The SMILES string of the molecule is CNNC(=O)N(C=O)c1ccccc1. The highest BCUT2D eigenvalue weighted by atomic mass is 16.2. The Balaban J connectivity index is 2.82. The number of amides is 3. The second kappa shape index (κ2) is 4.98. The van der Waals surface area contributed by atoms with Gasteiger partial charge in [-0.1, -0.05) is 18.2 Å². The number of anilines is 1.